The lowest BCUT2D eigenvalue weighted by Gasteiger charge is -2.21. The number of likely N-dealkylation sites (tertiary alicyclic amines) is 1. The van der Waals surface area contributed by atoms with Crippen molar-refractivity contribution in [2.75, 3.05) is 20.1 Å². The van der Waals surface area contributed by atoms with Crippen LogP contribution in [0.4, 0.5) is 0 Å². The van der Waals surface area contributed by atoms with Gasteiger partial charge in [0.1, 0.15) is 0 Å². The van der Waals surface area contributed by atoms with E-state index in [1.165, 1.54) is 12.8 Å². The number of allylic oxidation sites excluding steroid dienone is 2. The van der Waals surface area contributed by atoms with Gasteiger partial charge in [-0.1, -0.05) is 6.58 Å². The van der Waals surface area contributed by atoms with Gasteiger partial charge in [0, 0.05) is 25.8 Å². The Balaban J connectivity index is 2.21. The van der Waals surface area contributed by atoms with Crippen LogP contribution in [0.1, 0.15) is 19.8 Å². The molecule has 92 valence electrons. The highest BCUT2D eigenvalue weighted by Gasteiger charge is 2.17. The van der Waals surface area contributed by atoms with Crippen molar-refractivity contribution < 1.29 is 0 Å². The van der Waals surface area contributed by atoms with Crippen molar-refractivity contribution >= 4 is 22.5 Å². The molecule has 1 saturated heterocycles. The van der Waals surface area contributed by atoms with Crippen molar-refractivity contribution in [1.29, 1.82) is 0 Å². The lowest BCUT2D eigenvalue weighted by atomic mass is 10.4. The summed E-state index contributed by atoms with van der Waals surface area (Å²) >= 11 is 1.58. The molecule has 0 aromatic heterocycles. The van der Waals surface area contributed by atoms with Crippen molar-refractivity contribution in [2.45, 2.75) is 19.8 Å². The zero-order chi connectivity index (χ0) is 12.3. The fourth-order valence-electron chi connectivity index (χ4n) is 1.79. The molecule has 5 heteroatoms. The summed E-state index contributed by atoms with van der Waals surface area (Å²) in [7, 11) is 1.92. The Bertz CT molecular complexity index is 391. The quantitative estimate of drug-likeness (QED) is 0.662. The third-order valence-electron chi connectivity index (χ3n) is 2.82. The molecule has 2 aliphatic rings. The molecule has 4 nitrogen and oxygen atoms in total. The van der Waals surface area contributed by atoms with E-state index in [1.54, 1.807) is 11.8 Å². The summed E-state index contributed by atoms with van der Waals surface area (Å²) in [5.74, 6) is 0. The second kappa shape index (κ2) is 5.40. The SMILES string of the molecule is C=C1/C=C(/C)N=CS/C(N2CCCC2)=N\N1C. The van der Waals surface area contributed by atoms with Crippen LogP contribution in [0.2, 0.25) is 0 Å². The summed E-state index contributed by atoms with van der Waals surface area (Å²) in [4.78, 5) is 6.66. The normalized spacial score (nSPS) is 28.0. The first kappa shape index (κ1) is 12.2. The molecule has 0 unspecified atom stereocenters. The first-order chi connectivity index (χ1) is 8.16. The topological polar surface area (TPSA) is 31.2 Å². The molecule has 0 aromatic carbocycles. The number of amidine groups is 1. The minimum absolute atomic E-state index is 0.860. The first-order valence-electron chi connectivity index (χ1n) is 5.80. The molecule has 2 heterocycles. The number of rotatable bonds is 0. The van der Waals surface area contributed by atoms with Gasteiger partial charge < -0.3 is 4.90 Å². The largest absolute Gasteiger partial charge is 0.350 e. The average molecular weight is 250 g/mol. The van der Waals surface area contributed by atoms with E-state index in [2.05, 4.69) is 21.6 Å². The highest BCUT2D eigenvalue weighted by Crippen LogP contribution is 2.18. The molecular weight excluding hydrogens is 232 g/mol. The minimum atomic E-state index is 0.860. The number of hydrazone groups is 1. The van der Waals surface area contributed by atoms with Gasteiger partial charge in [0.15, 0.2) is 5.17 Å². The monoisotopic (exact) mass is 250 g/mol. The van der Waals surface area contributed by atoms with Crippen LogP contribution < -0.4 is 0 Å². The maximum absolute atomic E-state index is 4.60. The Hall–Kier alpha value is -1.23. The van der Waals surface area contributed by atoms with Crippen LogP contribution in [-0.2, 0) is 0 Å². The lowest BCUT2D eigenvalue weighted by Crippen LogP contribution is -2.27. The van der Waals surface area contributed by atoms with Gasteiger partial charge in [0.2, 0.25) is 0 Å². The third kappa shape index (κ3) is 3.12. The van der Waals surface area contributed by atoms with Crippen LogP contribution in [0.5, 0.6) is 0 Å². The fraction of sp³-hybridized carbons (Fsp3) is 0.500. The minimum Gasteiger partial charge on any atom is -0.350 e. The van der Waals surface area contributed by atoms with Crippen LogP contribution >= 0.6 is 11.8 Å². The number of hydrogen-bond acceptors (Lipinski definition) is 5. The summed E-state index contributed by atoms with van der Waals surface area (Å²) in [6.07, 6.45) is 4.44. The summed E-state index contributed by atoms with van der Waals surface area (Å²) in [5.41, 5.74) is 3.67. The first-order valence-corrected chi connectivity index (χ1v) is 6.68. The predicted molar refractivity (Wildman–Crippen MR) is 75.0 cm³/mol. The average Bonchev–Trinajstić information content (AvgIpc) is 2.80. The van der Waals surface area contributed by atoms with Crippen LogP contribution in [0.25, 0.3) is 0 Å². The molecule has 0 radical (unpaired) electrons. The zero-order valence-electron chi connectivity index (χ0n) is 10.4. The van der Waals surface area contributed by atoms with Gasteiger partial charge in [-0.3, -0.25) is 10.0 Å². The molecule has 0 spiro atoms. The maximum atomic E-state index is 4.60. The Labute approximate surface area is 107 Å². The van der Waals surface area contributed by atoms with Crippen LogP contribution in [0.15, 0.2) is 34.1 Å². The van der Waals surface area contributed by atoms with Crippen molar-refractivity contribution in [3.8, 4) is 0 Å². The maximum Gasteiger partial charge on any atom is 0.189 e. The second-order valence-corrected chi connectivity index (χ2v) is 5.04. The number of nitrogens with zero attached hydrogens (tertiary/aromatic N) is 4. The molecule has 0 N–H and O–H groups in total. The van der Waals surface area contributed by atoms with Gasteiger partial charge in [0.25, 0.3) is 0 Å². The molecule has 0 amide bonds. The van der Waals surface area contributed by atoms with Crippen LogP contribution in [0, 0.1) is 0 Å². The van der Waals surface area contributed by atoms with E-state index in [9.17, 15) is 0 Å². The van der Waals surface area contributed by atoms with Gasteiger partial charge in [-0.25, -0.2) is 0 Å². The lowest BCUT2D eigenvalue weighted by molar-refractivity contribution is 0.439. The van der Waals surface area contributed by atoms with E-state index >= 15 is 0 Å². The molecule has 1 fully saturated rings. The van der Waals surface area contributed by atoms with Crippen molar-refractivity contribution in [1.82, 2.24) is 9.91 Å². The third-order valence-corrected chi connectivity index (χ3v) is 3.58. The molecule has 0 atom stereocenters. The van der Waals surface area contributed by atoms with Crippen molar-refractivity contribution in [3.63, 3.8) is 0 Å². The zero-order valence-corrected chi connectivity index (χ0v) is 11.2. The Morgan fingerprint density at radius 2 is 2.06 bits per heavy atom. The fourth-order valence-corrected chi connectivity index (χ4v) is 2.61. The van der Waals surface area contributed by atoms with Crippen LogP contribution in [0.3, 0.4) is 0 Å². The Morgan fingerprint density at radius 1 is 1.35 bits per heavy atom. The molecule has 2 aliphatic heterocycles. The van der Waals surface area contributed by atoms with Gasteiger partial charge in [-0.2, -0.15) is 0 Å². The van der Waals surface area contributed by atoms with Crippen molar-refractivity contribution in [3.05, 3.63) is 24.0 Å². The van der Waals surface area contributed by atoms with E-state index in [0.717, 1.165) is 29.7 Å². The summed E-state index contributed by atoms with van der Waals surface area (Å²) in [6, 6.07) is 0. The molecule has 0 saturated carbocycles. The van der Waals surface area contributed by atoms with Gasteiger partial charge >= 0.3 is 0 Å². The van der Waals surface area contributed by atoms with Gasteiger partial charge in [0.05, 0.1) is 11.2 Å². The van der Waals surface area contributed by atoms with Crippen LogP contribution in [-0.4, -0.2) is 40.8 Å². The smallest absolute Gasteiger partial charge is 0.189 e. The second-order valence-electron chi connectivity index (χ2n) is 4.23. The number of likely N-dealkylation sites (N-methyl/N-ethyl adjacent to an activating group) is 1. The summed E-state index contributed by atoms with van der Waals surface area (Å²) in [6.45, 7) is 8.14. The van der Waals surface area contributed by atoms with E-state index in [1.807, 2.05) is 30.6 Å². The number of aliphatic imine (C=N–C) groups is 1. The highest BCUT2D eigenvalue weighted by molar-refractivity contribution is 8.24. The summed E-state index contributed by atoms with van der Waals surface area (Å²) in [5, 5.41) is 7.43. The highest BCUT2D eigenvalue weighted by atomic mass is 32.2. The van der Waals surface area contributed by atoms with E-state index in [-0.39, 0.29) is 0 Å². The van der Waals surface area contributed by atoms with E-state index < -0.39 is 0 Å². The molecule has 2 rings (SSSR count). The summed E-state index contributed by atoms with van der Waals surface area (Å²) < 4.78 is 0. The standard InChI is InChI=1S/C12H18N4S/c1-10-8-11(2)15(3)14-12(17-9-13-10)16-6-4-5-7-16/h8-9H,2,4-7H2,1,3H3/b10-8-,13-9?,14-12-. The Morgan fingerprint density at radius 3 is 2.76 bits per heavy atom. The van der Waals surface area contributed by atoms with E-state index in [0.29, 0.717) is 0 Å². The predicted octanol–water partition coefficient (Wildman–Crippen LogP) is 2.48. The molecule has 17 heavy (non-hydrogen) atoms. The number of hydrogen-bond donors (Lipinski definition) is 0. The Kier molecular flexibility index (Phi) is 3.89. The van der Waals surface area contributed by atoms with Gasteiger partial charge in [-0.15, -0.1) is 5.10 Å². The van der Waals surface area contributed by atoms with E-state index in [4.69, 9.17) is 0 Å². The number of thioether (sulfide) groups is 1. The molecule has 0 bridgehead atoms. The molecule has 0 aliphatic carbocycles. The van der Waals surface area contributed by atoms with Gasteiger partial charge in [-0.05, 0) is 37.6 Å². The molecule has 0 aromatic rings. The van der Waals surface area contributed by atoms with Crippen molar-refractivity contribution in [2.24, 2.45) is 10.1 Å². The molecular formula is C12H18N4S.